The zero-order chi connectivity index (χ0) is 20.8. The first kappa shape index (κ1) is 18.3. The highest BCUT2D eigenvalue weighted by Gasteiger charge is 2.33. The van der Waals surface area contributed by atoms with Crippen LogP contribution in [0.3, 0.4) is 0 Å². The first-order valence-corrected chi connectivity index (χ1v) is 10.0. The predicted molar refractivity (Wildman–Crippen MR) is 120 cm³/mol. The molecular weight excluding hydrogens is 368 g/mol. The number of rotatable bonds is 2. The second-order valence-corrected chi connectivity index (χ2v) is 7.85. The summed E-state index contributed by atoms with van der Waals surface area (Å²) < 4.78 is 0. The van der Waals surface area contributed by atoms with Crippen LogP contribution in [0.25, 0.3) is 22.3 Å². The van der Waals surface area contributed by atoms with Crippen molar-refractivity contribution in [1.82, 2.24) is 0 Å². The van der Waals surface area contributed by atoms with Gasteiger partial charge in [-0.1, -0.05) is 96.1 Å². The van der Waals surface area contributed by atoms with Gasteiger partial charge in [0.15, 0.2) is 11.6 Å². The van der Waals surface area contributed by atoms with E-state index in [1.165, 1.54) is 0 Å². The lowest BCUT2D eigenvalue weighted by molar-refractivity contribution is 0.0980. The number of hydrogen-bond donors (Lipinski definition) is 0. The van der Waals surface area contributed by atoms with E-state index in [0.717, 1.165) is 33.4 Å². The Morgan fingerprint density at radius 3 is 1.13 bits per heavy atom. The van der Waals surface area contributed by atoms with Crippen LogP contribution in [-0.2, 0) is 0 Å². The number of hydrogen-bond acceptors (Lipinski definition) is 2. The molecule has 30 heavy (non-hydrogen) atoms. The zero-order valence-corrected chi connectivity index (χ0v) is 16.9. The van der Waals surface area contributed by atoms with Gasteiger partial charge in [-0.25, -0.2) is 0 Å². The average molecular weight is 388 g/mol. The first-order valence-electron chi connectivity index (χ1n) is 10.0. The SMILES string of the molecule is Cc1ccc(-c2cccc3c2C(=O)c2cccc(-c4ccc(C)cc4)c2C3=O)cc1. The predicted octanol–water partition coefficient (Wildman–Crippen LogP) is 6.41. The van der Waals surface area contributed by atoms with Gasteiger partial charge in [0.05, 0.1) is 0 Å². The van der Waals surface area contributed by atoms with Gasteiger partial charge in [0.25, 0.3) is 0 Å². The summed E-state index contributed by atoms with van der Waals surface area (Å²) in [4.78, 5) is 27.2. The number of ketones is 2. The van der Waals surface area contributed by atoms with Gasteiger partial charge in [0, 0.05) is 22.3 Å². The fraction of sp³-hybridized carbons (Fsp3) is 0.0714. The number of aryl methyl sites for hydroxylation is 2. The third kappa shape index (κ3) is 2.81. The minimum atomic E-state index is -0.0928. The molecule has 0 spiro atoms. The lowest BCUT2D eigenvalue weighted by Crippen LogP contribution is -2.22. The van der Waals surface area contributed by atoms with E-state index in [0.29, 0.717) is 22.3 Å². The minimum Gasteiger partial charge on any atom is -0.289 e. The van der Waals surface area contributed by atoms with Gasteiger partial charge in [-0.2, -0.15) is 0 Å². The molecule has 0 bridgehead atoms. The Bertz CT molecular complexity index is 1210. The molecule has 0 N–H and O–H groups in total. The summed E-state index contributed by atoms with van der Waals surface area (Å²) >= 11 is 0. The molecule has 4 aromatic carbocycles. The van der Waals surface area contributed by atoms with Gasteiger partial charge in [-0.05, 0) is 36.1 Å². The lowest BCUT2D eigenvalue weighted by Gasteiger charge is -2.22. The lowest BCUT2D eigenvalue weighted by atomic mass is 9.78. The molecule has 0 unspecified atom stereocenters. The monoisotopic (exact) mass is 388 g/mol. The van der Waals surface area contributed by atoms with Gasteiger partial charge in [0.1, 0.15) is 0 Å². The number of benzene rings is 4. The van der Waals surface area contributed by atoms with Crippen molar-refractivity contribution in [2.24, 2.45) is 0 Å². The van der Waals surface area contributed by atoms with Crippen LogP contribution in [0.15, 0.2) is 84.9 Å². The highest BCUT2D eigenvalue weighted by molar-refractivity contribution is 6.32. The van der Waals surface area contributed by atoms with E-state index >= 15 is 0 Å². The van der Waals surface area contributed by atoms with Crippen molar-refractivity contribution in [2.45, 2.75) is 13.8 Å². The number of carbonyl (C=O) groups is 2. The van der Waals surface area contributed by atoms with Crippen molar-refractivity contribution < 1.29 is 9.59 Å². The van der Waals surface area contributed by atoms with E-state index < -0.39 is 0 Å². The summed E-state index contributed by atoms with van der Waals surface area (Å²) in [5.41, 5.74) is 7.75. The second kappa shape index (κ2) is 6.93. The molecular formula is C28H20O2. The largest absolute Gasteiger partial charge is 0.289 e. The van der Waals surface area contributed by atoms with Gasteiger partial charge >= 0.3 is 0 Å². The van der Waals surface area contributed by atoms with Crippen LogP contribution in [0.4, 0.5) is 0 Å². The fourth-order valence-electron chi connectivity index (χ4n) is 4.19. The van der Waals surface area contributed by atoms with E-state index in [-0.39, 0.29) is 11.6 Å². The average Bonchev–Trinajstić information content (AvgIpc) is 2.77. The third-order valence-electron chi connectivity index (χ3n) is 5.80. The molecule has 0 aromatic heterocycles. The molecule has 2 nitrogen and oxygen atoms in total. The summed E-state index contributed by atoms with van der Waals surface area (Å²) in [5.74, 6) is -0.186. The molecule has 144 valence electrons. The Morgan fingerprint density at radius 2 is 0.767 bits per heavy atom. The summed E-state index contributed by atoms with van der Waals surface area (Å²) in [5, 5.41) is 0. The van der Waals surface area contributed by atoms with Crippen LogP contribution < -0.4 is 0 Å². The molecule has 1 aliphatic carbocycles. The molecule has 0 amide bonds. The van der Waals surface area contributed by atoms with Crippen LogP contribution in [0, 0.1) is 13.8 Å². The normalized spacial score (nSPS) is 12.5. The molecule has 2 heteroatoms. The van der Waals surface area contributed by atoms with E-state index in [4.69, 9.17) is 0 Å². The smallest absolute Gasteiger partial charge is 0.195 e. The Morgan fingerprint density at radius 1 is 0.433 bits per heavy atom. The molecule has 5 rings (SSSR count). The molecule has 0 fully saturated rings. The Balaban J connectivity index is 1.73. The van der Waals surface area contributed by atoms with Crippen LogP contribution >= 0.6 is 0 Å². The summed E-state index contributed by atoms with van der Waals surface area (Å²) in [6.45, 7) is 4.06. The van der Waals surface area contributed by atoms with E-state index in [1.54, 1.807) is 12.1 Å². The van der Waals surface area contributed by atoms with E-state index in [2.05, 4.69) is 0 Å². The molecule has 1 aliphatic rings. The topological polar surface area (TPSA) is 34.1 Å². The van der Waals surface area contributed by atoms with Gasteiger partial charge in [0.2, 0.25) is 0 Å². The quantitative estimate of drug-likeness (QED) is 0.350. The maximum absolute atomic E-state index is 13.6. The molecule has 0 saturated heterocycles. The summed E-state index contributed by atoms with van der Waals surface area (Å²) in [6.07, 6.45) is 0. The van der Waals surface area contributed by atoms with Crippen LogP contribution in [-0.4, -0.2) is 11.6 Å². The van der Waals surface area contributed by atoms with Crippen LogP contribution in [0.5, 0.6) is 0 Å². The van der Waals surface area contributed by atoms with Crippen LogP contribution in [0.2, 0.25) is 0 Å². The Hall–Kier alpha value is -3.78. The second-order valence-electron chi connectivity index (χ2n) is 7.85. The molecule has 0 aliphatic heterocycles. The van der Waals surface area contributed by atoms with Crippen molar-refractivity contribution in [3.8, 4) is 22.3 Å². The van der Waals surface area contributed by atoms with E-state index in [1.807, 2.05) is 86.6 Å². The first-order chi connectivity index (χ1) is 14.5. The summed E-state index contributed by atoms with van der Waals surface area (Å²) in [6, 6.07) is 27.2. The summed E-state index contributed by atoms with van der Waals surface area (Å²) in [7, 11) is 0. The Labute approximate surface area is 175 Å². The molecule has 0 saturated carbocycles. The maximum Gasteiger partial charge on any atom is 0.195 e. The molecule has 0 heterocycles. The number of fused-ring (bicyclic) bond motifs is 2. The standard InChI is InChI=1S/C28H20O2/c1-17-9-13-19(14-10-17)21-5-3-7-23-25(21)27(29)24-8-4-6-22(26(24)28(23)30)20-15-11-18(2)12-16-20/h3-16H,1-2H3. The van der Waals surface area contributed by atoms with Gasteiger partial charge in [-0.3, -0.25) is 9.59 Å². The molecule has 0 atom stereocenters. The molecule has 0 radical (unpaired) electrons. The highest BCUT2D eigenvalue weighted by Crippen LogP contribution is 2.38. The van der Waals surface area contributed by atoms with Gasteiger partial charge < -0.3 is 0 Å². The van der Waals surface area contributed by atoms with Crippen molar-refractivity contribution in [3.05, 3.63) is 118 Å². The Kier molecular flexibility index (Phi) is 4.22. The van der Waals surface area contributed by atoms with Crippen molar-refractivity contribution in [3.63, 3.8) is 0 Å². The highest BCUT2D eigenvalue weighted by atomic mass is 16.1. The molecule has 4 aromatic rings. The van der Waals surface area contributed by atoms with Crippen molar-refractivity contribution in [1.29, 1.82) is 0 Å². The van der Waals surface area contributed by atoms with Crippen molar-refractivity contribution >= 4 is 11.6 Å². The fourth-order valence-corrected chi connectivity index (χ4v) is 4.19. The van der Waals surface area contributed by atoms with Crippen LogP contribution in [0.1, 0.15) is 43.0 Å². The maximum atomic E-state index is 13.6. The zero-order valence-electron chi connectivity index (χ0n) is 16.9. The van der Waals surface area contributed by atoms with Crippen molar-refractivity contribution in [2.75, 3.05) is 0 Å². The number of carbonyl (C=O) groups excluding carboxylic acids is 2. The van der Waals surface area contributed by atoms with Gasteiger partial charge in [-0.15, -0.1) is 0 Å². The third-order valence-corrected chi connectivity index (χ3v) is 5.80. The minimum absolute atomic E-state index is 0.0928. The van der Waals surface area contributed by atoms with E-state index in [9.17, 15) is 9.59 Å².